The topological polar surface area (TPSA) is 29.1 Å². The van der Waals surface area contributed by atoms with Crippen molar-refractivity contribution in [1.29, 1.82) is 0 Å². The van der Waals surface area contributed by atoms with Crippen LogP contribution in [0.15, 0.2) is 47.4 Å². The normalized spacial score (nSPS) is 13.9. The largest absolute Gasteiger partial charge is 0.325 e. The van der Waals surface area contributed by atoms with Crippen molar-refractivity contribution in [1.82, 2.24) is 0 Å². The Morgan fingerprint density at radius 3 is 2.65 bits per heavy atom. The molecule has 2 aromatic carbocycles. The van der Waals surface area contributed by atoms with Gasteiger partial charge in [0.25, 0.3) is 0 Å². The van der Waals surface area contributed by atoms with Crippen molar-refractivity contribution in [2.75, 3.05) is 4.72 Å². The molecule has 0 saturated heterocycles. The van der Waals surface area contributed by atoms with E-state index in [4.69, 9.17) is 0 Å². The molecular formula is C17H17NOS. The van der Waals surface area contributed by atoms with Gasteiger partial charge in [0.15, 0.2) is 5.78 Å². The minimum Gasteiger partial charge on any atom is -0.325 e. The number of rotatable bonds is 3. The average Bonchev–Trinajstić information content (AvgIpc) is 2.47. The van der Waals surface area contributed by atoms with Crippen LogP contribution in [0.5, 0.6) is 0 Å². The van der Waals surface area contributed by atoms with E-state index in [0.29, 0.717) is 6.42 Å². The molecule has 0 unspecified atom stereocenters. The fraction of sp³-hybridized carbons (Fsp3) is 0.235. The molecule has 3 rings (SSSR count). The molecular weight excluding hydrogens is 266 g/mol. The summed E-state index contributed by atoms with van der Waals surface area (Å²) in [7, 11) is 0. The number of nitrogens with one attached hydrogen (secondary N) is 1. The minimum atomic E-state index is 0.263. The molecule has 0 aromatic heterocycles. The van der Waals surface area contributed by atoms with E-state index in [9.17, 15) is 4.79 Å². The molecule has 2 nitrogen and oxygen atoms in total. The van der Waals surface area contributed by atoms with E-state index in [-0.39, 0.29) is 5.78 Å². The van der Waals surface area contributed by atoms with Crippen molar-refractivity contribution in [2.45, 2.75) is 31.1 Å². The maximum absolute atomic E-state index is 12.1. The number of carbonyl (C=O) groups is 1. The second kappa shape index (κ2) is 5.71. The lowest BCUT2D eigenvalue weighted by molar-refractivity contribution is 0.0973. The molecule has 0 amide bonds. The maximum Gasteiger partial charge on any atom is 0.165 e. The summed E-state index contributed by atoms with van der Waals surface area (Å²) in [6.07, 6.45) is 2.65. The van der Waals surface area contributed by atoms with Crippen LogP contribution in [-0.4, -0.2) is 5.78 Å². The number of aryl methyl sites for hydroxylation is 2. The van der Waals surface area contributed by atoms with E-state index in [2.05, 4.69) is 42.0 Å². The molecule has 0 heterocycles. The highest BCUT2D eigenvalue weighted by molar-refractivity contribution is 8.00. The summed E-state index contributed by atoms with van der Waals surface area (Å²) in [5.74, 6) is 0.263. The van der Waals surface area contributed by atoms with E-state index in [0.717, 1.165) is 29.0 Å². The highest BCUT2D eigenvalue weighted by atomic mass is 32.2. The van der Waals surface area contributed by atoms with E-state index in [1.807, 2.05) is 12.1 Å². The smallest absolute Gasteiger partial charge is 0.165 e. The zero-order valence-corrected chi connectivity index (χ0v) is 12.3. The highest BCUT2D eigenvalue weighted by Gasteiger charge is 2.20. The summed E-state index contributed by atoms with van der Waals surface area (Å²) in [5.41, 5.74) is 4.26. The molecule has 0 atom stereocenters. The lowest BCUT2D eigenvalue weighted by Crippen LogP contribution is -2.12. The van der Waals surface area contributed by atoms with Crippen LogP contribution in [0.4, 0.5) is 5.69 Å². The van der Waals surface area contributed by atoms with E-state index < -0.39 is 0 Å². The molecule has 0 fully saturated rings. The molecule has 3 heteroatoms. The van der Waals surface area contributed by atoms with Gasteiger partial charge in [-0.3, -0.25) is 4.79 Å². The quantitative estimate of drug-likeness (QED) is 0.832. The van der Waals surface area contributed by atoms with Crippen molar-refractivity contribution in [3.8, 4) is 0 Å². The summed E-state index contributed by atoms with van der Waals surface area (Å²) in [5, 5.41) is 0. The van der Waals surface area contributed by atoms with Crippen LogP contribution in [-0.2, 0) is 6.42 Å². The molecule has 0 spiro atoms. The molecule has 1 aliphatic carbocycles. The highest BCUT2D eigenvalue weighted by Crippen LogP contribution is 2.31. The van der Waals surface area contributed by atoms with Crippen LogP contribution in [0.1, 0.15) is 34.3 Å². The Morgan fingerprint density at radius 1 is 1.05 bits per heavy atom. The van der Waals surface area contributed by atoms with Crippen LogP contribution in [0.3, 0.4) is 0 Å². The van der Waals surface area contributed by atoms with Crippen molar-refractivity contribution in [2.24, 2.45) is 0 Å². The third-order valence-electron chi connectivity index (χ3n) is 3.58. The minimum absolute atomic E-state index is 0.263. The van der Waals surface area contributed by atoms with Crippen LogP contribution < -0.4 is 4.72 Å². The maximum atomic E-state index is 12.1. The first-order valence-electron chi connectivity index (χ1n) is 6.88. The van der Waals surface area contributed by atoms with Gasteiger partial charge in [-0.05, 0) is 55.5 Å². The van der Waals surface area contributed by atoms with Gasteiger partial charge in [0.1, 0.15) is 0 Å². The van der Waals surface area contributed by atoms with Gasteiger partial charge in [-0.1, -0.05) is 29.8 Å². The first kappa shape index (κ1) is 13.3. The lowest BCUT2D eigenvalue weighted by Gasteiger charge is -2.18. The van der Waals surface area contributed by atoms with Crippen molar-refractivity contribution >= 4 is 23.4 Å². The summed E-state index contributed by atoms with van der Waals surface area (Å²) >= 11 is 1.55. The van der Waals surface area contributed by atoms with Gasteiger partial charge in [-0.15, -0.1) is 0 Å². The lowest BCUT2D eigenvalue weighted by atomic mass is 9.89. The number of carbonyl (C=O) groups excluding carboxylic acids is 1. The fourth-order valence-corrected chi connectivity index (χ4v) is 3.18. The number of Topliss-reactive ketones (excluding diaryl/α,β-unsaturated/α-hetero) is 1. The summed E-state index contributed by atoms with van der Waals surface area (Å²) in [6.45, 7) is 2.08. The van der Waals surface area contributed by atoms with Crippen LogP contribution in [0.25, 0.3) is 0 Å². The molecule has 0 saturated carbocycles. The summed E-state index contributed by atoms with van der Waals surface area (Å²) < 4.78 is 3.33. The Balaban J connectivity index is 1.81. The molecule has 2 aromatic rings. The molecule has 20 heavy (non-hydrogen) atoms. The van der Waals surface area contributed by atoms with Gasteiger partial charge in [0.2, 0.25) is 0 Å². The summed E-state index contributed by atoms with van der Waals surface area (Å²) in [6, 6.07) is 14.4. The molecule has 102 valence electrons. The Hall–Kier alpha value is -1.74. The van der Waals surface area contributed by atoms with Crippen molar-refractivity contribution in [3.63, 3.8) is 0 Å². The van der Waals surface area contributed by atoms with Crippen LogP contribution in [0.2, 0.25) is 0 Å². The fourth-order valence-electron chi connectivity index (χ4n) is 2.51. The third kappa shape index (κ3) is 2.73. The monoisotopic (exact) mass is 283 g/mol. The van der Waals surface area contributed by atoms with Crippen LogP contribution in [0, 0.1) is 6.92 Å². The average molecular weight is 283 g/mol. The summed E-state index contributed by atoms with van der Waals surface area (Å²) in [4.78, 5) is 13.3. The van der Waals surface area contributed by atoms with Gasteiger partial charge in [-0.2, -0.15) is 0 Å². The van der Waals surface area contributed by atoms with Gasteiger partial charge in [-0.25, -0.2) is 0 Å². The van der Waals surface area contributed by atoms with E-state index in [1.165, 1.54) is 11.1 Å². The number of anilines is 1. The van der Waals surface area contributed by atoms with Gasteiger partial charge in [0.05, 0.1) is 5.69 Å². The Labute approximate surface area is 123 Å². The zero-order valence-electron chi connectivity index (χ0n) is 11.5. The Kier molecular flexibility index (Phi) is 3.79. The Morgan fingerprint density at radius 2 is 1.85 bits per heavy atom. The number of fused-ring (bicyclic) bond motifs is 1. The van der Waals surface area contributed by atoms with E-state index in [1.54, 1.807) is 11.9 Å². The predicted molar refractivity (Wildman–Crippen MR) is 84.4 cm³/mol. The van der Waals surface area contributed by atoms with E-state index >= 15 is 0 Å². The first-order valence-corrected chi connectivity index (χ1v) is 7.70. The molecule has 0 radical (unpaired) electrons. The zero-order chi connectivity index (χ0) is 13.9. The van der Waals surface area contributed by atoms with Gasteiger partial charge < -0.3 is 4.72 Å². The number of hydrogen-bond acceptors (Lipinski definition) is 3. The second-order valence-electron chi connectivity index (χ2n) is 5.13. The predicted octanol–water partition coefficient (Wildman–Crippen LogP) is 4.63. The molecule has 1 N–H and O–H groups in total. The first-order chi connectivity index (χ1) is 9.74. The van der Waals surface area contributed by atoms with Gasteiger partial charge >= 0.3 is 0 Å². The number of ketones is 1. The number of hydrogen-bond donors (Lipinski definition) is 1. The third-order valence-corrected chi connectivity index (χ3v) is 4.41. The van der Waals surface area contributed by atoms with Crippen LogP contribution >= 0.6 is 11.9 Å². The van der Waals surface area contributed by atoms with Crippen molar-refractivity contribution in [3.05, 3.63) is 59.2 Å². The molecule has 0 bridgehead atoms. The Bertz CT molecular complexity index is 634. The number of benzene rings is 2. The standard InChI is InChI=1S/C17H17NOS/c1-12-8-10-14(11-9-12)20-18-15-6-2-4-13-5-3-7-16(19)17(13)15/h2,4,6,8-11,18H,3,5,7H2,1H3. The molecule has 0 aliphatic heterocycles. The van der Waals surface area contributed by atoms with Crippen molar-refractivity contribution < 1.29 is 4.79 Å². The molecule has 1 aliphatic rings. The van der Waals surface area contributed by atoms with Gasteiger partial charge in [0, 0.05) is 16.9 Å². The second-order valence-corrected chi connectivity index (χ2v) is 6.01. The SMILES string of the molecule is Cc1ccc(SNc2cccc3c2C(=O)CCC3)cc1.